The highest BCUT2D eigenvalue weighted by molar-refractivity contribution is 7.80. The zero-order valence-electron chi connectivity index (χ0n) is 11.5. The van der Waals surface area contributed by atoms with Crippen molar-refractivity contribution in [1.29, 1.82) is 0 Å². The highest BCUT2D eigenvalue weighted by atomic mass is 32.1. The Hall–Kier alpha value is -1.82. The zero-order chi connectivity index (χ0) is 15.1. The number of carbonyl (C=O) groups excluding carboxylic acids is 1. The van der Waals surface area contributed by atoms with E-state index in [1.165, 1.54) is 0 Å². The Morgan fingerprint density at radius 3 is 2.45 bits per heavy atom. The molecule has 0 aliphatic rings. The molecule has 0 saturated carbocycles. The number of nitrogens with zero attached hydrogens (tertiary/aromatic N) is 2. The van der Waals surface area contributed by atoms with Crippen molar-refractivity contribution >= 4 is 30.2 Å². The van der Waals surface area contributed by atoms with Crippen LogP contribution in [0.2, 0.25) is 0 Å². The molecule has 1 amide bonds. The molecule has 0 unspecified atom stereocenters. The third-order valence-electron chi connectivity index (χ3n) is 2.70. The van der Waals surface area contributed by atoms with E-state index in [-0.39, 0.29) is 11.8 Å². The Morgan fingerprint density at radius 2 is 1.95 bits per heavy atom. The number of carbonyl (C=O) groups is 2. The molecule has 5 nitrogen and oxygen atoms in total. The Bertz CT molecular complexity index is 502. The fourth-order valence-corrected chi connectivity index (χ4v) is 1.70. The number of amides is 1. The minimum atomic E-state index is -1.10. The first kappa shape index (κ1) is 16.2. The first-order valence-electron chi connectivity index (χ1n) is 6.20. The van der Waals surface area contributed by atoms with E-state index in [0.29, 0.717) is 11.5 Å². The standard InChI is InChI=1S/C14H18N2O3S/c1-10(9-20)14(19)16(8-13(17)18)15-11(2)12-6-4-3-5-7-12/h3-7,10,20H,8-9H2,1-2H3,(H,17,18)/b15-11+/t10-/m1/s1. The molecule has 0 aromatic heterocycles. The second-order valence-corrected chi connectivity index (χ2v) is 4.79. The summed E-state index contributed by atoms with van der Waals surface area (Å²) in [5, 5.41) is 14.0. The Labute approximate surface area is 123 Å². The van der Waals surface area contributed by atoms with Gasteiger partial charge in [0.05, 0.1) is 5.71 Å². The van der Waals surface area contributed by atoms with E-state index in [2.05, 4.69) is 17.7 Å². The lowest BCUT2D eigenvalue weighted by Gasteiger charge is -2.19. The summed E-state index contributed by atoms with van der Waals surface area (Å²) in [4.78, 5) is 22.9. The monoisotopic (exact) mass is 294 g/mol. The summed E-state index contributed by atoms with van der Waals surface area (Å²) in [6.45, 7) is 2.97. The van der Waals surface area contributed by atoms with Crippen molar-refractivity contribution in [3.63, 3.8) is 0 Å². The van der Waals surface area contributed by atoms with Crippen LogP contribution >= 0.6 is 12.6 Å². The summed E-state index contributed by atoms with van der Waals surface area (Å²) in [6, 6.07) is 9.29. The highest BCUT2D eigenvalue weighted by Crippen LogP contribution is 2.08. The van der Waals surface area contributed by atoms with Crippen LogP contribution in [0, 0.1) is 5.92 Å². The average molecular weight is 294 g/mol. The van der Waals surface area contributed by atoms with Crippen LogP contribution in [0.4, 0.5) is 0 Å². The van der Waals surface area contributed by atoms with E-state index in [4.69, 9.17) is 5.11 Å². The quantitative estimate of drug-likeness (QED) is 0.478. The summed E-state index contributed by atoms with van der Waals surface area (Å²) in [5.74, 6) is -1.49. The normalized spacial score (nSPS) is 12.8. The summed E-state index contributed by atoms with van der Waals surface area (Å²) < 4.78 is 0. The van der Waals surface area contributed by atoms with Crippen LogP contribution in [-0.4, -0.2) is 40.0 Å². The van der Waals surface area contributed by atoms with Gasteiger partial charge in [0.25, 0.3) is 0 Å². The summed E-state index contributed by atoms with van der Waals surface area (Å²) in [7, 11) is 0. The molecule has 1 aromatic carbocycles. The number of benzene rings is 1. The molecule has 0 heterocycles. The lowest BCUT2D eigenvalue weighted by atomic mass is 10.1. The number of hydrogen-bond acceptors (Lipinski definition) is 4. The zero-order valence-corrected chi connectivity index (χ0v) is 12.4. The molecular weight excluding hydrogens is 276 g/mol. The van der Waals surface area contributed by atoms with Gasteiger partial charge in [0.2, 0.25) is 5.91 Å². The first-order valence-corrected chi connectivity index (χ1v) is 6.83. The van der Waals surface area contributed by atoms with Gasteiger partial charge in [0.1, 0.15) is 6.54 Å². The third kappa shape index (κ3) is 4.70. The summed E-state index contributed by atoms with van der Waals surface area (Å²) in [5.41, 5.74) is 1.43. The molecule has 0 saturated heterocycles. The maximum Gasteiger partial charge on any atom is 0.325 e. The van der Waals surface area contributed by atoms with Crippen molar-refractivity contribution in [3.05, 3.63) is 35.9 Å². The molecule has 20 heavy (non-hydrogen) atoms. The molecule has 0 radical (unpaired) electrons. The fraction of sp³-hybridized carbons (Fsp3) is 0.357. The number of aliphatic carboxylic acids is 1. The molecule has 1 atom stereocenters. The summed E-state index contributed by atoms with van der Waals surface area (Å²) in [6.07, 6.45) is 0. The predicted octanol–water partition coefficient (Wildman–Crippen LogP) is 1.89. The minimum absolute atomic E-state index is 0.342. The van der Waals surface area contributed by atoms with Gasteiger partial charge in [-0.25, -0.2) is 5.01 Å². The van der Waals surface area contributed by atoms with Crippen molar-refractivity contribution in [2.45, 2.75) is 13.8 Å². The molecule has 108 valence electrons. The van der Waals surface area contributed by atoms with Gasteiger partial charge in [0.15, 0.2) is 0 Å². The maximum atomic E-state index is 12.1. The van der Waals surface area contributed by atoms with E-state index in [0.717, 1.165) is 10.6 Å². The topological polar surface area (TPSA) is 70.0 Å². The van der Waals surface area contributed by atoms with Crippen molar-refractivity contribution in [3.8, 4) is 0 Å². The Kier molecular flexibility index (Phi) is 6.24. The number of thiol groups is 1. The van der Waals surface area contributed by atoms with E-state index < -0.39 is 12.5 Å². The van der Waals surface area contributed by atoms with Gasteiger partial charge < -0.3 is 5.11 Å². The third-order valence-corrected chi connectivity index (χ3v) is 3.24. The van der Waals surface area contributed by atoms with E-state index >= 15 is 0 Å². The van der Waals surface area contributed by atoms with Crippen LogP contribution in [0.1, 0.15) is 19.4 Å². The maximum absolute atomic E-state index is 12.1. The molecule has 0 aliphatic heterocycles. The van der Waals surface area contributed by atoms with Crippen LogP contribution in [0.15, 0.2) is 35.4 Å². The largest absolute Gasteiger partial charge is 0.480 e. The molecule has 6 heteroatoms. The van der Waals surface area contributed by atoms with Gasteiger partial charge in [0, 0.05) is 11.7 Å². The van der Waals surface area contributed by atoms with Crippen molar-refractivity contribution < 1.29 is 14.7 Å². The second kappa shape index (κ2) is 7.69. The van der Waals surface area contributed by atoms with Crippen LogP contribution < -0.4 is 0 Å². The Morgan fingerprint density at radius 1 is 1.35 bits per heavy atom. The first-order chi connectivity index (χ1) is 9.45. The lowest BCUT2D eigenvalue weighted by molar-refractivity contribution is -0.145. The molecule has 0 spiro atoms. The average Bonchev–Trinajstić information content (AvgIpc) is 2.45. The van der Waals surface area contributed by atoms with Crippen molar-refractivity contribution in [2.75, 3.05) is 12.3 Å². The van der Waals surface area contributed by atoms with Gasteiger partial charge in [-0.05, 0) is 12.5 Å². The molecule has 0 fully saturated rings. The second-order valence-electron chi connectivity index (χ2n) is 4.42. The lowest BCUT2D eigenvalue weighted by Crippen LogP contribution is -2.36. The summed E-state index contributed by atoms with van der Waals surface area (Å²) >= 11 is 4.06. The van der Waals surface area contributed by atoms with Crippen LogP contribution in [0.25, 0.3) is 0 Å². The van der Waals surface area contributed by atoms with E-state index in [9.17, 15) is 9.59 Å². The van der Waals surface area contributed by atoms with Crippen LogP contribution in [-0.2, 0) is 9.59 Å². The molecular formula is C14H18N2O3S. The smallest absolute Gasteiger partial charge is 0.325 e. The van der Waals surface area contributed by atoms with Crippen molar-refractivity contribution in [2.24, 2.45) is 11.0 Å². The fourth-order valence-electron chi connectivity index (χ4n) is 1.54. The number of hydrogen-bond donors (Lipinski definition) is 2. The van der Waals surface area contributed by atoms with E-state index in [1.807, 2.05) is 30.3 Å². The van der Waals surface area contributed by atoms with Gasteiger partial charge >= 0.3 is 5.97 Å². The number of rotatable bonds is 6. The van der Waals surface area contributed by atoms with Gasteiger partial charge in [-0.15, -0.1) is 0 Å². The SMILES string of the molecule is C/C(=N\N(CC(=O)O)C(=O)[C@H](C)CS)c1ccccc1. The molecule has 0 aliphatic carbocycles. The van der Waals surface area contributed by atoms with Crippen molar-refractivity contribution in [1.82, 2.24) is 5.01 Å². The number of carboxylic acids is 1. The predicted molar refractivity (Wildman–Crippen MR) is 81.0 cm³/mol. The van der Waals surface area contributed by atoms with Crippen LogP contribution in [0.3, 0.4) is 0 Å². The molecule has 1 N–H and O–H groups in total. The molecule has 1 aromatic rings. The van der Waals surface area contributed by atoms with Gasteiger partial charge in [-0.1, -0.05) is 37.3 Å². The Balaban J connectivity index is 3.00. The van der Waals surface area contributed by atoms with Gasteiger partial charge in [-0.3, -0.25) is 9.59 Å². The van der Waals surface area contributed by atoms with Gasteiger partial charge in [-0.2, -0.15) is 17.7 Å². The van der Waals surface area contributed by atoms with Crippen LogP contribution in [0.5, 0.6) is 0 Å². The number of hydrazone groups is 1. The minimum Gasteiger partial charge on any atom is -0.480 e. The molecule has 1 rings (SSSR count). The highest BCUT2D eigenvalue weighted by Gasteiger charge is 2.21. The molecule has 0 bridgehead atoms. The number of carboxylic acid groups (broad SMARTS) is 1. The van der Waals surface area contributed by atoms with E-state index in [1.54, 1.807) is 13.8 Å².